The van der Waals surface area contributed by atoms with E-state index in [9.17, 15) is 23.3 Å². The number of nitro groups is 1. The summed E-state index contributed by atoms with van der Waals surface area (Å²) in [6, 6.07) is 15.9. The molecule has 0 aliphatic carbocycles. The number of hydrogen-bond donors (Lipinski definition) is 2. The number of fused-ring (bicyclic) bond motifs is 1. The van der Waals surface area contributed by atoms with Crippen molar-refractivity contribution in [3.05, 3.63) is 82.4 Å². The van der Waals surface area contributed by atoms with Crippen LogP contribution in [0.1, 0.15) is 5.56 Å². The van der Waals surface area contributed by atoms with Gasteiger partial charge in [0.25, 0.3) is 5.69 Å². The molecule has 1 unspecified atom stereocenters. The van der Waals surface area contributed by atoms with Crippen molar-refractivity contribution in [3.63, 3.8) is 0 Å². The maximum absolute atomic E-state index is 13.3. The number of methoxy groups -OCH3 is 1. The third kappa shape index (κ3) is 5.42. The fourth-order valence-corrected chi connectivity index (χ4v) is 5.38. The molecule has 1 amide bonds. The Balaban J connectivity index is 1.68. The Kier molecular flexibility index (Phi) is 7.00. The molecule has 0 fully saturated rings. The molecule has 0 saturated heterocycles. The van der Waals surface area contributed by atoms with E-state index < -0.39 is 26.9 Å². The highest BCUT2D eigenvalue weighted by Crippen LogP contribution is 2.29. The molecule has 1 aromatic heterocycles. The third-order valence-corrected chi connectivity index (χ3v) is 7.13. The van der Waals surface area contributed by atoms with E-state index in [-0.39, 0.29) is 34.0 Å². The summed E-state index contributed by atoms with van der Waals surface area (Å²) in [5.74, 6) is -0.539. The van der Waals surface area contributed by atoms with Crippen LogP contribution in [0.15, 0.2) is 71.6 Å². The molecule has 11 nitrogen and oxygen atoms in total. The zero-order valence-corrected chi connectivity index (χ0v) is 19.9. The van der Waals surface area contributed by atoms with Gasteiger partial charge in [-0.15, -0.1) is 0 Å². The summed E-state index contributed by atoms with van der Waals surface area (Å²) in [4.78, 5) is 23.8. The molecular formula is C22H19N5O6S2. The van der Waals surface area contributed by atoms with E-state index in [0.29, 0.717) is 11.1 Å². The molecule has 1 heterocycles. The first-order valence-corrected chi connectivity index (χ1v) is 12.4. The van der Waals surface area contributed by atoms with E-state index in [4.69, 9.17) is 4.74 Å². The molecule has 0 saturated carbocycles. The van der Waals surface area contributed by atoms with Gasteiger partial charge in [-0.3, -0.25) is 14.9 Å². The van der Waals surface area contributed by atoms with Gasteiger partial charge < -0.3 is 10.1 Å². The molecule has 0 spiro atoms. The van der Waals surface area contributed by atoms with Crippen molar-refractivity contribution in [2.24, 2.45) is 0 Å². The lowest BCUT2D eigenvalue weighted by atomic mass is 10.1. The molecule has 180 valence electrons. The number of ether oxygens (including phenoxy) is 1. The summed E-state index contributed by atoms with van der Waals surface area (Å²) in [6.45, 7) is 0. The number of aromatic nitrogens is 2. The second kappa shape index (κ2) is 10.1. The normalized spacial score (nSPS) is 12.3. The topological polar surface area (TPSA) is 153 Å². The highest BCUT2D eigenvalue weighted by atomic mass is 32.2. The highest BCUT2D eigenvalue weighted by Gasteiger charge is 2.29. The van der Waals surface area contributed by atoms with E-state index in [2.05, 4.69) is 18.8 Å². The fraction of sp³-hybridized carbons (Fsp3) is 0.136. The molecular weight excluding hydrogens is 494 g/mol. The first-order valence-electron chi connectivity index (χ1n) is 10.2. The van der Waals surface area contributed by atoms with Crippen molar-refractivity contribution >= 4 is 50.1 Å². The average Bonchev–Trinajstić information content (AvgIpc) is 3.33. The summed E-state index contributed by atoms with van der Waals surface area (Å²) in [5, 5.41) is 13.8. The molecule has 2 N–H and O–H groups in total. The van der Waals surface area contributed by atoms with Crippen molar-refractivity contribution in [2.45, 2.75) is 17.4 Å². The quantitative estimate of drug-likeness (QED) is 0.256. The van der Waals surface area contributed by atoms with Crippen LogP contribution < -0.4 is 14.8 Å². The average molecular weight is 514 g/mol. The van der Waals surface area contributed by atoms with Gasteiger partial charge in [0.2, 0.25) is 15.9 Å². The van der Waals surface area contributed by atoms with Gasteiger partial charge in [-0.1, -0.05) is 36.4 Å². The predicted molar refractivity (Wildman–Crippen MR) is 130 cm³/mol. The van der Waals surface area contributed by atoms with Crippen molar-refractivity contribution in [2.75, 3.05) is 12.4 Å². The van der Waals surface area contributed by atoms with Crippen LogP contribution in [0.2, 0.25) is 0 Å². The molecule has 0 aliphatic heterocycles. The maximum Gasteiger partial charge on any atom is 0.271 e. The number of hydrogen-bond acceptors (Lipinski definition) is 9. The van der Waals surface area contributed by atoms with Gasteiger partial charge in [-0.05, 0) is 30.2 Å². The minimum atomic E-state index is -4.20. The molecule has 13 heteroatoms. The third-order valence-electron chi connectivity index (χ3n) is 5.09. The highest BCUT2D eigenvalue weighted by molar-refractivity contribution is 7.89. The van der Waals surface area contributed by atoms with E-state index in [0.717, 1.165) is 17.8 Å². The van der Waals surface area contributed by atoms with Crippen LogP contribution in [0.3, 0.4) is 0 Å². The SMILES string of the molecule is COc1ccc([N+](=O)[O-])cc1NC(=O)C(Cc1ccccc1)NS(=O)(=O)c1cccc2nsnc12. The van der Waals surface area contributed by atoms with Crippen molar-refractivity contribution in [1.82, 2.24) is 13.5 Å². The second-order valence-corrected chi connectivity index (χ2v) is 9.59. The van der Waals surface area contributed by atoms with Crippen LogP contribution in [0.4, 0.5) is 11.4 Å². The maximum atomic E-state index is 13.3. The number of carbonyl (C=O) groups is 1. The smallest absolute Gasteiger partial charge is 0.271 e. The minimum Gasteiger partial charge on any atom is -0.495 e. The lowest BCUT2D eigenvalue weighted by Crippen LogP contribution is -2.45. The number of rotatable bonds is 9. The Labute approximate surface area is 204 Å². The first-order chi connectivity index (χ1) is 16.8. The molecule has 4 rings (SSSR count). The number of non-ortho nitro benzene ring substituents is 1. The van der Waals surface area contributed by atoms with Crippen molar-refractivity contribution in [3.8, 4) is 5.75 Å². The van der Waals surface area contributed by atoms with Crippen LogP contribution in [-0.2, 0) is 21.2 Å². The number of anilines is 1. The first kappa shape index (κ1) is 24.2. The van der Waals surface area contributed by atoms with Gasteiger partial charge in [-0.2, -0.15) is 13.5 Å². The Morgan fingerprint density at radius 1 is 1.11 bits per heavy atom. The van der Waals surface area contributed by atoms with Crippen LogP contribution in [-0.4, -0.2) is 41.1 Å². The summed E-state index contributed by atoms with van der Waals surface area (Å²) < 4.78 is 42.4. The number of amides is 1. The zero-order chi connectivity index (χ0) is 25.0. The number of nitro benzene ring substituents is 1. The van der Waals surface area contributed by atoms with Gasteiger partial charge in [0, 0.05) is 12.1 Å². The van der Waals surface area contributed by atoms with Gasteiger partial charge in [0.15, 0.2) is 0 Å². The summed E-state index contributed by atoms with van der Waals surface area (Å²) in [6.07, 6.45) is 0.0223. The van der Waals surface area contributed by atoms with Gasteiger partial charge >= 0.3 is 0 Å². The fourth-order valence-electron chi connectivity index (χ4n) is 3.41. The molecule has 35 heavy (non-hydrogen) atoms. The number of nitrogens with one attached hydrogen (secondary N) is 2. The van der Waals surface area contributed by atoms with Crippen LogP contribution in [0.25, 0.3) is 11.0 Å². The van der Waals surface area contributed by atoms with E-state index in [1.54, 1.807) is 42.5 Å². The number of benzene rings is 3. The van der Waals surface area contributed by atoms with Gasteiger partial charge in [-0.25, -0.2) is 8.42 Å². The second-order valence-electron chi connectivity index (χ2n) is 7.38. The van der Waals surface area contributed by atoms with E-state index >= 15 is 0 Å². The lowest BCUT2D eigenvalue weighted by molar-refractivity contribution is -0.384. The zero-order valence-electron chi connectivity index (χ0n) is 18.2. The monoisotopic (exact) mass is 513 g/mol. The summed E-state index contributed by atoms with van der Waals surface area (Å²) in [7, 11) is -2.85. The largest absolute Gasteiger partial charge is 0.495 e. The predicted octanol–water partition coefficient (Wildman–Crippen LogP) is 3.14. The summed E-state index contributed by atoms with van der Waals surface area (Å²) >= 11 is 0.880. The standard InChI is InChI=1S/C22H19N5O6S2/c1-33-19-11-10-15(27(29)30)13-17(19)23-22(28)18(12-14-6-3-2-4-7-14)26-35(31,32)20-9-5-8-16-21(20)25-34-24-16/h2-11,13,18,26H,12H2,1H3,(H,23,28). The Morgan fingerprint density at radius 3 is 2.60 bits per heavy atom. The van der Waals surface area contributed by atoms with E-state index in [1.165, 1.54) is 25.3 Å². The lowest BCUT2D eigenvalue weighted by Gasteiger charge is -2.19. The van der Waals surface area contributed by atoms with Crippen LogP contribution in [0, 0.1) is 10.1 Å². The molecule has 4 aromatic rings. The minimum absolute atomic E-state index is 0.0223. The summed E-state index contributed by atoms with van der Waals surface area (Å²) in [5.41, 5.74) is 1.10. The Bertz CT molecular complexity index is 1490. The Morgan fingerprint density at radius 2 is 1.89 bits per heavy atom. The van der Waals surface area contributed by atoms with Crippen LogP contribution >= 0.6 is 11.7 Å². The molecule has 0 radical (unpaired) electrons. The van der Waals surface area contributed by atoms with Crippen molar-refractivity contribution < 1.29 is 22.9 Å². The van der Waals surface area contributed by atoms with Gasteiger partial charge in [0.1, 0.15) is 27.7 Å². The number of sulfonamides is 1. The van der Waals surface area contributed by atoms with E-state index in [1.807, 2.05) is 0 Å². The number of nitrogens with zero attached hydrogens (tertiary/aromatic N) is 3. The molecule has 1 atom stereocenters. The molecule has 0 aliphatic rings. The number of carbonyl (C=O) groups excluding carboxylic acids is 1. The molecule has 0 bridgehead atoms. The molecule has 3 aromatic carbocycles. The Hall–Kier alpha value is -3.94. The van der Waals surface area contributed by atoms with Crippen molar-refractivity contribution in [1.29, 1.82) is 0 Å². The van der Waals surface area contributed by atoms with Gasteiger partial charge in [0.05, 0.1) is 29.4 Å². The van der Waals surface area contributed by atoms with Crippen LogP contribution in [0.5, 0.6) is 5.75 Å².